The molecule has 15 heteroatoms. The molecule has 3 rings (SSSR count). The average molecular weight is 556 g/mol. The van der Waals surface area contributed by atoms with E-state index in [0.717, 1.165) is 13.2 Å². The number of rotatable bonds is 7. The zero-order valence-corrected chi connectivity index (χ0v) is 21.0. The fraction of sp³-hybridized carbons (Fsp3) is 0.190. The first-order valence-corrected chi connectivity index (χ1v) is 12.2. The first kappa shape index (κ1) is 27.1. The number of aryl methyl sites for hydroxylation is 1. The van der Waals surface area contributed by atoms with Crippen molar-refractivity contribution in [1.82, 2.24) is 9.97 Å². The highest BCUT2D eigenvalue weighted by molar-refractivity contribution is 7.86. The molecule has 190 valence electrons. The third-order valence-electron chi connectivity index (χ3n) is 5.10. The molecule has 36 heavy (non-hydrogen) atoms. The van der Waals surface area contributed by atoms with Crippen molar-refractivity contribution in [3.05, 3.63) is 62.0 Å². The van der Waals surface area contributed by atoms with Crippen LogP contribution in [0.25, 0.3) is 11.0 Å². The van der Waals surface area contributed by atoms with Crippen LogP contribution in [0.4, 0.5) is 5.69 Å². The van der Waals surface area contributed by atoms with Crippen molar-refractivity contribution in [2.75, 3.05) is 12.4 Å². The number of anilines is 1. The Morgan fingerprint density at radius 3 is 2.58 bits per heavy atom. The van der Waals surface area contributed by atoms with Crippen LogP contribution in [0, 0.1) is 12.8 Å². The van der Waals surface area contributed by atoms with Gasteiger partial charge >= 0.3 is 5.97 Å². The van der Waals surface area contributed by atoms with Crippen molar-refractivity contribution in [2.24, 2.45) is 16.9 Å². The Kier molecular flexibility index (Phi) is 7.99. The van der Waals surface area contributed by atoms with E-state index >= 15 is 0 Å². The van der Waals surface area contributed by atoms with Gasteiger partial charge in [-0.3, -0.25) is 18.9 Å². The van der Waals surface area contributed by atoms with E-state index in [1.165, 1.54) is 19.1 Å². The largest absolute Gasteiger partial charge is 0.468 e. The van der Waals surface area contributed by atoms with Gasteiger partial charge in [-0.15, -0.1) is 0 Å². The van der Waals surface area contributed by atoms with Crippen LogP contribution in [-0.4, -0.2) is 47.6 Å². The number of hydrogen-bond donors (Lipinski definition) is 4. The monoisotopic (exact) mass is 555 g/mol. The zero-order chi connectivity index (χ0) is 26.8. The summed E-state index contributed by atoms with van der Waals surface area (Å²) >= 11 is 11.9. The van der Waals surface area contributed by atoms with Crippen molar-refractivity contribution >= 4 is 67.6 Å². The van der Waals surface area contributed by atoms with Crippen molar-refractivity contribution in [1.29, 1.82) is 0 Å². The standard InChI is InChI=1S/C21H19Cl2N5O7S/c1-9-5-15(17(8-12(9)23)36(32,33)34)27-20(30)18(28-24)11(21(31)35-2)7-16-19(29)26-14-6-10(22)3-4-13(14)25-16/h3-6,8,11H,7,24H2,1-2H3,(H,26,29)(H,27,30)(H,32,33,34)/b28-18-/t11-/m1/s1. The number of ether oxygens (including phenoxy) is 1. The minimum Gasteiger partial charge on any atom is -0.468 e. The lowest BCUT2D eigenvalue weighted by Gasteiger charge is -2.17. The lowest BCUT2D eigenvalue weighted by molar-refractivity contribution is -0.143. The molecular weight excluding hydrogens is 537 g/mol. The second-order valence-corrected chi connectivity index (χ2v) is 9.73. The highest BCUT2D eigenvalue weighted by atomic mass is 35.5. The molecule has 0 unspecified atom stereocenters. The summed E-state index contributed by atoms with van der Waals surface area (Å²) in [5.74, 6) is 1.85. The van der Waals surface area contributed by atoms with Gasteiger partial charge in [0.1, 0.15) is 22.2 Å². The molecule has 0 aliphatic heterocycles. The van der Waals surface area contributed by atoms with E-state index in [4.69, 9.17) is 33.8 Å². The molecule has 0 saturated carbocycles. The molecular formula is C21H19Cl2N5O7S. The van der Waals surface area contributed by atoms with Gasteiger partial charge in [-0.05, 0) is 42.8 Å². The summed E-state index contributed by atoms with van der Waals surface area (Å²) in [6, 6.07) is 6.75. The molecule has 5 N–H and O–H groups in total. The van der Waals surface area contributed by atoms with E-state index < -0.39 is 50.5 Å². The van der Waals surface area contributed by atoms with Crippen LogP contribution in [0.15, 0.2) is 45.1 Å². The van der Waals surface area contributed by atoms with E-state index in [2.05, 4.69) is 20.4 Å². The SMILES string of the molecule is COC(=O)[C@H](Cc1nc2ccc(Cl)cc2[nH]c1=O)/C(=N/N)C(=O)Nc1cc(C)c(Cl)cc1S(=O)(=O)O. The summed E-state index contributed by atoms with van der Waals surface area (Å²) in [5.41, 5.74) is -0.620. The molecule has 1 amide bonds. The molecule has 0 aliphatic carbocycles. The summed E-state index contributed by atoms with van der Waals surface area (Å²) < 4.78 is 37.9. The van der Waals surface area contributed by atoms with E-state index in [9.17, 15) is 27.4 Å². The maximum absolute atomic E-state index is 13.0. The number of nitrogens with one attached hydrogen (secondary N) is 2. The number of carbonyl (C=O) groups excluding carboxylic acids is 2. The third-order valence-corrected chi connectivity index (χ3v) is 6.63. The zero-order valence-electron chi connectivity index (χ0n) is 18.7. The van der Waals surface area contributed by atoms with Gasteiger partial charge in [0.05, 0.1) is 23.8 Å². The second-order valence-electron chi connectivity index (χ2n) is 7.50. The molecule has 3 aromatic rings. The van der Waals surface area contributed by atoms with Gasteiger partial charge in [-0.2, -0.15) is 13.5 Å². The second kappa shape index (κ2) is 10.6. The van der Waals surface area contributed by atoms with Crippen molar-refractivity contribution in [3.8, 4) is 0 Å². The van der Waals surface area contributed by atoms with Gasteiger partial charge in [0.25, 0.3) is 21.6 Å². The highest BCUT2D eigenvalue weighted by Gasteiger charge is 2.33. The van der Waals surface area contributed by atoms with E-state index in [0.29, 0.717) is 21.6 Å². The van der Waals surface area contributed by atoms with Gasteiger partial charge < -0.3 is 20.9 Å². The number of H-pyrrole nitrogens is 1. The highest BCUT2D eigenvalue weighted by Crippen LogP contribution is 2.29. The minimum absolute atomic E-state index is 0.0173. The van der Waals surface area contributed by atoms with Crippen LogP contribution in [-0.2, 0) is 30.9 Å². The minimum atomic E-state index is -4.80. The average Bonchev–Trinajstić information content (AvgIpc) is 2.80. The van der Waals surface area contributed by atoms with Gasteiger partial charge in [0, 0.05) is 16.5 Å². The molecule has 1 atom stereocenters. The molecule has 12 nitrogen and oxygen atoms in total. The summed E-state index contributed by atoms with van der Waals surface area (Å²) in [5, 5.41) is 6.04. The van der Waals surface area contributed by atoms with Crippen molar-refractivity contribution in [3.63, 3.8) is 0 Å². The molecule has 0 aliphatic rings. The number of hydrogen-bond acceptors (Lipinski definition) is 9. The van der Waals surface area contributed by atoms with Crippen molar-refractivity contribution in [2.45, 2.75) is 18.2 Å². The number of nitrogens with zero attached hydrogens (tertiary/aromatic N) is 2. The van der Waals surface area contributed by atoms with Crippen LogP contribution in [0.2, 0.25) is 10.0 Å². The fourth-order valence-corrected chi connectivity index (χ4v) is 4.38. The normalized spacial score (nSPS) is 12.9. The smallest absolute Gasteiger partial charge is 0.315 e. The number of esters is 1. The number of methoxy groups -OCH3 is 1. The number of benzene rings is 2. The predicted octanol–water partition coefficient (Wildman–Crippen LogP) is 2.07. The topological polar surface area (TPSA) is 194 Å². The Balaban J connectivity index is 2.01. The Morgan fingerprint density at radius 1 is 1.28 bits per heavy atom. The maximum Gasteiger partial charge on any atom is 0.315 e. The maximum atomic E-state index is 13.0. The van der Waals surface area contributed by atoms with Gasteiger partial charge in [-0.25, -0.2) is 4.98 Å². The summed E-state index contributed by atoms with van der Waals surface area (Å²) in [7, 11) is -3.74. The summed E-state index contributed by atoms with van der Waals surface area (Å²) in [6.45, 7) is 1.53. The van der Waals surface area contributed by atoms with Crippen LogP contribution in [0.5, 0.6) is 0 Å². The number of amides is 1. The lowest BCUT2D eigenvalue weighted by atomic mass is 9.96. The van der Waals surface area contributed by atoms with E-state index in [1.807, 2.05) is 0 Å². The quantitative estimate of drug-likeness (QED) is 0.111. The number of fused-ring (bicyclic) bond motifs is 1. The summed E-state index contributed by atoms with van der Waals surface area (Å²) in [4.78, 5) is 44.3. The van der Waals surface area contributed by atoms with E-state index in [-0.39, 0.29) is 16.4 Å². The first-order chi connectivity index (χ1) is 16.8. The number of carbonyl (C=O) groups is 2. The van der Waals surface area contributed by atoms with Crippen LogP contribution < -0.4 is 16.7 Å². The first-order valence-electron chi connectivity index (χ1n) is 9.98. The number of aromatic amines is 1. The Morgan fingerprint density at radius 2 is 1.97 bits per heavy atom. The third kappa shape index (κ3) is 5.82. The fourth-order valence-electron chi connectivity index (χ4n) is 3.33. The van der Waals surface area contributed by atoms with Gasteiger partial charge in [0.15, 0.2) is 0 Å². The number of nitrogens with two attached hydrogens (primary N) is 1. The number of aromatic nitrogens is 2. The van der Waals surface area contributed by atoms with Gasteiger partial charge in [0.2, 0.25) is 0 Å². The Labute approximate surface area is 214 Å². The number of hydrazone groups is 1. The van der Waals surface area contributed by atoms with Crippen molar-refractivity contribution < 1.29 is 27.3 Å². The molecule has 1 heterocycles. The molecule has 0 bridgehead atoms. The van der Waals surface area contributed by atoms with Crippen LogP contribution in [0.3, 0.4) is 0 Å². The molecule has 0 saturated heterocycles. The Bertz CT molecular complexity index is 1570. The molecule has 0 fully saturated rings. The van der Waals surface area contributed by atoms with Crippen LogP contribution in [0.1, 0.15) is 11.3 Å². The lowest BCUT2D eigenvalue weighted by Crippen LogP contribution is -2.38. The predicted molar refractivity (Wildman–Crippen MR) is 133 cm³/mol. The molecule has 1 aromatic heterocycles. The molecule has 0 spiro atoms. The number of halogens is 2. The molecule has 0 radical (unpaired) electrons. The summed E-state index contributed by atoms with van der Waals surface area (Å²) in [6.07, 6.45) is -0.436. The van der Waals surface area contributed by atoms with Gasteiger partial charge in [-0.1, -0.05) is 23.2 Å². The van der Waals surface area contributed by atoms with E-state index in [1.54, 1.807) is 12.1 Å². The van der Waals surface area contributed by atoms with Crippen LogP contribution >= 0.6 is 23.2 Å². The Hall–Kier alpha value is -3.52. The molecule has 2 aromatic carbocycles.